The van der Waals surface area contributed by atoms with Crippen LogP contribution < -0.4 is 9.47 Å². The highest BCUT2D eigenvalue weighted by molar-refractivity contribution is 5.81. The van der Waals surface area contributed by atoms with Crippen LogP contribution in [0.4, 0.5) is 0 Å². The molecule has 1 heterocycles. The second-order valence-electron chi connectivity index (χ2n) is 9.41. The van der Waals surface area contributed by atoms with Crippen LogP contribution in [-0.2, 0) is 14.3 Å². The van der Waals surface area contributed by atoms with Gasteiger partial charge in [-0.05, 0) is 54.7 Å². The fourth-order valence-corrected chi connectivity index (χ4v) is 4.32. The molecule has 1 fully saturated rings. The van der Waals surface area contributed by atoms with Gasteiger partial charge in [-0.1, -0.05) is 82.7 Å². The highest BCUT2D eigenvalue weighted by atomic mass is 16.7. The largest absolute Gasteiger partial charge is 0.465 e. The molecule has 3 rings (SSSR count). The Morgan fingerprint density at radius 1 is 0.917 bits per heavy atom. The summed E-state index contributed by atoms with van der Waals surface area (Å²) in [4.78, 5) is 11.8. The van der Waals surface area contributed by atoms with Gasteiger partial charge in [0.15, 0.2) is 6.29 Å². The molecule has 2 aromatic rings. The van der Waals surface area contributed by atoms with Crippen molar-refractivity contribution in [2.24, 2.45) is 0 Å². The Hall–Kier alpha value is -2.79. The number of benzene rings is 2. The number of esters is 1. The maximum absolute atomic E-state index is 11.8. The first-order valence-electron chi connectivity index (χ1n) is 13.7. The fraction of sp³-hybridized carbons (Fsp3) is 0.516. The van der Waals surface area contributed by atoms with E-state index < -0.39 is 12.3 Å². The van der Waals surface area contributed by atoms with Crippen LogP contribution in [-0.4, -0.2) is 25.2 Å². The maximum atomic E-state index is 11.8. The zero-order valence-corrected chi connectivity index (χ0v) is 21.8. The summed E-state index contributed by atoms with van der Waals surface area (Å²) in [5.41, 5.74) is 2.16. The van der Waals surface area contributed by atoms with Crippen molar-refractivity contribution in [3.05, 3.63) is 61.2 Å². The summed E-state index contributed by atoms with van der Waals surface area (Å²) < 4.78 is 23.0. The van der Waals surface area contributed by atoms with Crippen LogP contribution in [0.5, 0.6) is 11.5 Å². The smallest absolute Gasteiger partial charge is 0.333 e. The van der Waals surface area contributed by atoms with Gasteiger partial charge >= 0.3 is 5.97 Å². The molecular weight excluding hydrogens is 452 g/mol. The van der Waals surface area contributed by atoms with E-state index in [1.54, 1.807) is 0 Å². The van der Waals surface area contributed by atoms with E-state index >= 15 is 0 Å². The standard InChI is InChI=1S/C31H42O5/c1-3-5-6-7-8-9-10-11-15-31(36-29(32)4-2)35-28-22-18-26(19-23-28)25-16-20-27(21-17-25)34-30-14-12-13-24-33-30/h4,16-23,30-31H,2-3,5-15,24H2,1H3. The Morgan fingerprint density at radius 2 is 1.53 bits per heavy atom. The van der Waals surface area contributed by atoms with Gasteiger partial charge < -0.3 is 18.9 Å². The van der Waals surface area contributed by atoms with E-state index in [2.05, 4.69) is 13.5 Å². The van der Waals surface area contributed by atoms with Gasteiger partial charge in [0.2, 0.25) is 6.29 Å². The summed E-state index contributed by atoms with van der Waals surface area (Å²) in [6.45, 7) is 6.51. The lowest BCUT2D eigenvalue weighted by Crippen LogP contribution is -2.24. The Balaban J connectivity index is 1.48. The minimum atomic E-state index is -0.611. The van der Waals surface area contributed by atoms with E-state index in [0.717, 1.165) is 55.6 Å². The molecule has 0 aromatic heterocycles. The molecule has 5 nitrogen and oxygen atoms in total. The van der Waals surface area contributed by atoms with Gasteiger partial charge in [-0.25, -0.2) is 4.79 Å². The van der Waals surface area contributed by atoms with Crippen molar-refractivity contribution >= 4 is 5.97 Å². The summed E-state index contributed by atoms with van der Waals surface area (Å²) in [6, 6.07) is 15.9. The molecule has 0 aliphatic carbocycles. The van der Waals surface area contributed by atoms with E-state index in [0.29, 0.717) is 12.2 Å². The molecular formula is C31H42O5. The maximum Gasteiger partial charge on any atom is 0.333 e. The molecule has 36 heavy (non-hydrogen) atoms. The molecule has 0 bridgehead atoms. The van der Waals surface area contributed by atoms with Gasteiger partial charge in [0.25, 0.3) is 0 Å². The lowest BCUT2D eigenvalue weighted by molar-refractivity contribution is -0.158. The second kappa shape index (κ2) is 16.1. The first-order valence-corrected chi connectivity index (χ1v) is 13.7. The average Bonchev–Trinajstić information content (AvgIpc) is 2.91. The Bertz CT molecular complexity index is 884. The highest BCUT2D eigenvalue weighted by Gasteiger charge is 2.16. The number of hydrogen-bond acceptors (Lipinski definition) is 5. The van der Waals surface area contributed by atoms with Gasteiger partial charge in [-0.2, -0.15) is 0 Å². The van der Waals surface area contributed by atoms with Crippen LogP contribution in [0.1, 0.15) is 84.0 Å². The zero-order chi connectivity index (χ0) is 25.4. The minimum Gasteiger partial charge on any atom is -0.465 e. The van der Waals surface area contributed by atoms with Crippen molar-refractivity contribution in [1.29, 1.82) is 0 Å². The Labute approximate surface area is 216 Å². The molecule has 1 aliphatic rings. The van der Waals surface area contributed by atoms with Crippen LogP contribution in [0.3, 0.4) is 0 Å². The molecule has 0 spiro atoms. The van der Waals surface area contributed by atoms with Crippen LogP contribution in [0.2, 0.25) is 0 Å². The number of unbranched alkanes of at least 4 members (excludes halogenated alkanes) is 7. The quantitative estimate of drug-likeness (QED) is 0.102. The van der Waals surface area contributed by atoms with Crippen molar-refractivity contribution in [3.8, 4) is 22.6 Å². The molecule has 0 N–H and O–H groups in total. The van der Waals surface area contributed by atoms with E-state index in [9.17, 15) is 4.79 Å². The molecule has 196 valence electrons. The van der Waals surface area contributed by atoms with Gasteiger partial charge in [-0.15, -0.1) is 0 Å². The fourth-order valence-electron chi connectivity index (χ4n) is 4.32. The first kappa shape index (κ1) is 27.8. The van der Waals surface area contributed by atoms with Crippen LogP contribution in [0.25, 0.3) is 11.1 Å². The molecule has 1 aliphatic heterocycles. The lowest BCUT2D eigenvalue weighted by atomic mass is 10.1. The molecule has 2 aromatic carbocycles. The summed E-state index contributed by atoms with van der Waals surface area (Å²) in [7, 11) is 0. The van der Waals surface area contributed by atoms with Crippen LogP contribution in [0, 0.1) is 0 Å². The normalized spacial score (nSPS) is 16.2. The highest BCUT2D eigenvalue weighted by Crippen LogP contribution is 2.27. The van der Waals surface area contributed by atoms with Crippen molar-refractivity contribution in [1.82, 2.24) is 0 Å². The van der Waals surface area contributed by atoms with Crippen molar-refractivity contribution in [3.63, 3.8) is 0 Å². The molecule has 0 amide bonds. The molecule has 2 atom stereocenters. The number of rotatable bonds is 16. The third kappa shape index (κ3) is 10.1. The zero-order valence-electron chi connectivity index (χ0n) is 21.8. The topological polar surface area (TPSA) is 54.0 Å². The van der Waals surface area contributed by atoms with Crippen molar-refractivity contribution in [2.75, 3.05) is 6.61 Å². The van der Waals surface area contributed by atoms with Gasteiger partial charge in [0.05, 0.1) is 6.61 Å². The summed E-state index contributed by atoms with van der Waals surface area (Å²) in [5.74, 6) is 1.03. The number of ether oxygens (including phenoxy) is 4. The first-order chi connectivity index (χ1) is 17.7. The van der Waals surface area contributed by atoms with Gasteiger partial charge in [0.1, 0.15) is 11.5 Å². The van der Waals surface area contributed by atoms with Gasteiger partial charge in [-0.3, -0.25) is 0 Å². The van der Waals surface area contributed by atoms with E-state index in [4.69, 9.17) is 18.9 Å². The van der Waals surface area contributed by atoms with E-state index in [1.165, 1.54) is 44.6 Å². The summed E-state index contributed by atoms with van der Waals surface area (Å²) in [5, 5.41) is 0. The molecule has 0 saturated carbocycles. The van der Waals surface area contributed by atoms with Crippen LogP contribution in [0.15, 0.2) is 61.2 Å². The third-order valence-corrected chi connectivity index (χ3v) is 6.42. The minimum absolute atomic E-state index is 0.144. The monoisotopic (exact) mass is 494 g/mol. The van der Waals surface area contributed by atoms with E-state index in [-0.39, 0.29) is 6.29 Å². The molecule has 5 heteroatoms. The predicted octanol–water partition coefficient (Wildman–Crippen LogP) is 8.22. The van der Waals surface area contributed by atoms with Gasteiger partial charge in [0, 0.05) is 18.9 Å². The third-order valence-electron chi connectivity index (χ3n) is 6.42. The predicted molar refractivity (Wildman–Crippen MR) is 144 cm³/mol. The lowest BCUT2D eigenvalue weighted by Gasteiger charge is -2.23. The van der Waals surface area contributed by atoms with Crippen molar-refractivity contribution < 1.29 is 23.7 Å². The molecule has 0 radical (unpaired) electrons. The van der Waals surface area contributed by atoms with Crippen molar-refractivity contribution in [2.45, 2.75) is 96.6 Å². The molecule has 1 saturated heterocycles. The second-order valence-corrected chi connectivity index (χ2v) is 9.41. The number of hydrogen-bond donors (Lipinski definition) is 0. The summed E-state index contributed by atoms with van der Waals surface area (Å²) in [6.07, 6.45) is 14.0. The van der Waals surface area contributed by atoms with Crippen LogP contribution >= 0.6 is 0 Å². The average molecular weight is 495 g/mol. The molecule has 2 unspecified atom stereocenters. The SMILES string of the molecule is C=CC(=O)OC(CCCCCCCCCC)Oc1ccc(-c2ccc(OC3CCCCO3)cc2)cc1. The number of carbonyl (C=O) groups is 1. The van der Waals surface area contributed by atoms with E-state index in [1.807, 2.05) is 48.5 Å². The Morgan fingerprint density at radius 3 is 2.11 bits per heavy atom. The Kier molecular flexibility index (Phi) is 12.4. The number of carbonyl (C=O) groups excluding carboxylic acids is 1. The summed E-state index contributed by atoms with van der Waals surface area (Å²) >= 11 is 0.